The highest BCUT2D eigenvalue weighted by Gasteiger charge is 2.46. The molecule has 0 aromatic rings. The minimum atomic E-state index is -0.391. The minimum Gasteiger partial charge on any atom is -0.466 e. The summed E-state index contributed by atoms with van der Waals surface area (Å²) in [5.41, 5.74) is 0. The van der Waals surface area contributed by atoms with E-state index >= 15 is 0 Å². The summed E-state index contributed by atoms with van der Waals surface area (Å²) in [5, 5.41) is 0.00215. The van der Waals surface area contributed by atoms with Gasteiger partial charge in [0.25, 0.3) is 0 Å². The Balaban J connectivity index is 1.94. The molecule has 0 amide bonds. The molecule has 124 valence electrons. The molecule has 2 heterocycles. The molecule has 0 N–H and O–H groups in total. The van der Waals surface area contributed by atoms with Crippen molar-refractivity contribution in [3.8, 4) is 0 Å². The third kappa shape index (κ3) is 4.23. The number of carbonyl (C=O) groups excluding carboxylic acids is 2. The van der Waals surface area contributed by atoms with Gasteiger partial charge in [0.2, 0.25) is 0 Å². The average Bonchev–Trinajstić information content (AvgIpc) is 2.51. The number of ketones is 1. The highest BCUT2D eigenvalue weighted by atomic mass is 35.5. The first-order valence-corrected chi connectivity index (χ1v) is 8.67. The van der Waals surface area contributed by atoms with Crippen molar-refractivity contribution in [2.45, 2.75) is 63.4 Å². The summed E-state index contributed by atoms with van der Waals surface area (Å²) in [5.74, 6) is -0.616. The predicted molar refractivity (Wildman–Crippen MR) is 84.1 cm³/mol. The van der Waals surface area contributed by atoms with Gasteiger partial charge in [0, 0.05) is 12.3 Å². The molecule has 0 spiro atoms. The maximum absolute atomic E-state index is 12.5. The molecule has 3 rings (SSSR count). The number of Topliss-reactive ketones (excluding diaryl/α,β-unsaturated/α-hetero) is 1. The van der Waals surface area contributed by atoms with Gasteiger partial charge in [0.1, 0.15) is 0 Å². The lowest BCUT2D eigenvalue weighted by molar-refractivity contribution is -0.151. The Kier molecular flexibility index (Phi) is 6.69. The van der Waals surface area contributed by atoms with Gasteiger partial charge in [-0.25, -0.2) is 0 Å². The van der Waals surface area contributed by atoms with Gasteiger partial charge >= 0.3 is 5.97 Å². The topological polar surface area (TPSA) is 52.6 Å². The van der Waals surface area contributed by atoms with Gasteiger partial charge in [-0.3, -0.25) is 9.59 Å². The lowest BCUT2D eigenvalue weighted by atomic mass is 9.77. The van der Waals surface area contributed by atoms with Gasteiger partial charge in [-0.05, 0) is 32.6 Å². The molecule has 2 radical (unpaired) electrons. The van der Waals surface area contributed by atoms with Crippen LogP contribution in [0.25, 0.3) is 0 Å². The molecule has 3 aliphatic rings. The van der Waals surface area contributed by atoms with Crippen molar-refractivity contribution in [2.75, 3.05) is 6.61 Å². The van der Waals surface area contributed by atoms with Gasteiger partial charge in [-0.15, -0.1) is 11.6 Å². The minimum absolute atomic E-state index is 0.00215. The Morgan fingerprint density at radius 1 is 1.45 bits per heavy atom. The van der Waals surface area contributed by atoms with Crippen LogP contribution in [0.1, 0.15) is 51.9 Å². The van der Waals surface area contributed by atoms with Crippen LogP contribution in [0.3, 0.4) is 0 Å². The molecule has 22 heavy (non-hydrogen) atoms. The lowest BCUT2D eigenvalue weighted by Crippen LogP contribution is -2.46. The zero-order chi connectivity index (χ0) is 16.1. The van der Waals surface area contributed by atoms with Crippen molar-refractivity contribution in [1.29, 1.82) is 0 Å². The molecule has 1 aliphatic carbocycles. The van der Waals surface area contributed by atoms with Crippen LogP contribution in [0.4, 0.5) is 0 Å². The fourth-order valence-electron chi connectivity index (χ4n) is 3.29. The molecule has 2 bridgehead atoms. The summed E-state index contributed by atoms with van der Waals surface area (Å²) in [4.78, 5) is 24.6. The third-order valence-corrected chi connectivity index (χ3v) is 4.95. The van der Waals surface area contributed by atoms with E-state index in [0.717, 1.165) is 32.1 Å². The zero-order valence-corrected chi connectivity index (χ0v) is 13.9. The van der Waals surface area contributed by atoms with Crippen LogP contribution in [0.15, 0.2) is 0 Å². The Bertz CT molecular complexity index is 398. The molecule has 1 saturated carbocycles. The van der Waals surface area contributed by atoms with E-state index in [2.05, 4.69) is 6.92 Å². The van der Waals surface area contributed by atoms with E-state index in [1.54, 1.807) is 6.92 Å². The highest BCUT2D eigenvalue weighted by Crippen LogP contribution is 2.44. The number of hydrogen-bond donors (Lipinski definition) is 0. The first-order valence-electron chi connectivity index (χ1n) is 8.23. The molecular formula is C17H25ClO4. The van der Waals surface area contributed by atoms with E-state index in [-0.39, 0.29) is 35.6 Å². The van der Waals surface area contributed by atoms with Crippen LogP contribution < -0.4 is 0 Å². The van der Waals surface area contributed by atoms with Crippen LogP contribution in [0.5, 0.6) is 0 Å². The number of carbonyl (C=O) groups is 2. The van der Waals surface area contributed by atoms with Gasteiger partial charge < -0.3 is 9.47 Å². The smallest absolute Gasteiger partial charge is 0.309 e. The van der Waals surface area contributed by atoms with E-state index in [4.69, 9.17) is 21.1 Å². The fourth-order valence-corrected chi connectivity index (χ4v) is 3.68. The van der Waals surface area contributed by atoms with E-state index in [1.807, 2.05) is 0 Å². The standard InChI is InChI=1S/C17H25ClO4/c1-3-5-6-12(17(20)21-4-2)10-14(19)16-11-7-8-15(22-16)13(18)9-11/h11-13,15H,1,3-10H2,2H3. The Labute approximate surface area is 137 Å². The van der Waals surface area contributed by atoms with Crippen molar-refractivity contribution in [3.63, 3.8) is 0 Å². The Morgan fingerprint density at radius 2 is 2.23 bits per heavy atom. The number of rotatable bonds is 8. The summed E-state index contributed by atoms with van der Waals surface area (Å²) in [6.07, 6.45) is 5.52. The fraction of sp³-hybridized carbons (Fsp3) is 0.765. The maximum atomic E-state index is 12.5. The Hall–Kier alpha value is -0.610. The Morgan fingerprint density at radius 3 is 2.77 bits per heavy atom. The van der Waals surface area contributed by atoms with Crippen LogP contribution >= 0.6 is 11.6 Å². The second-order valence-electron chi connectivity index (χ2n) is 6.12. The van der Waals surface area contributed by atoms with Crippen LogP contribution in [0.2, 0.25) is 0 Å². The highest BCUT2D eigenvalue weighted by molar-refractivity contribution is 6.21. The van der Waals surface area contributed by atoms with Crippen molar-refractivity contribution in [3.05, 3.63) is 13.0 Å². The number of alkyl halides is 1. The van der Waals surface area contributed by atoms with Crippen molar-refractivity contribution < 1.29 is 19.1 Å². The third-order valence-electron chi connectivity index (χ3n) is 4.49. The lowest BCUT2D eigenvalue weighted by Gasteiger charge is -2.43. The number of ether oxygens (including phenoxy) is 2. The predicted octanol–water partition coefficient (Wildman–Crippen LogP) is 3.47. The number of hydrogen-bond acceptors (Lipinski definition) is 4. The van der Waals surface area contributed by atoms with Crippen molar-refractivity contribution >= 4 is 23.4 Å². The molecular weight excluding hydrogens is 304 g/mol. The SMILES string of the molecule is [CH2]CCCC(CC(=O)[C]1OC2CCC1CC2Cl)C(=O)OCC. The molecule has 4 atom stereocenters. The van der Waals surface area contributed by atoms with E-state index in [1.165, 1.54) is 0 Å². The molecule has 0 aromatic carbocycles. The number of esters is 1. The summed E-state index contributed by atoms with van der Waals surface area (Å²) in [6.45, 7) is 5.90. The van der Waals surface area contributed by atoms with Gasteiger partial charge in [0.05, 0.1) is 24.0 Å². The molecule has 0 aromatic heterocycles. The molecule has 2 saturated heterocycles. The van der Waals surface area contributed by atoms with E-state index < -0.39 is 5.92 Å². The molecule has 3 fully saturated rings. The molecule has 2 aliphatic heterocycles. The van der Waals surface area contributed by atoms with Crippen LogP contribution in [0, 0.1) is 24.9 Å². The first kappa shape index (κ1) is 17.7. The summed E-state index contributed by atoms with van der Waals surface area (Å²) in [7, 11) is 0. The largest absolute Gasteiger partial charge is 0.466 e. The first-order chi connectivity index (χ1) is 10.6. The number of fused-ring (bicyclic) bond motifs is 3. The molecule has 4 unspecified atom stereocenters. The second-order valence-corrected chi connectivity index (χ2v) is 6.68. The van der Waals surface area contributed by atoms with E-state index in [9.17, 15) is 9.59 Å². The van der Waals surface area contributed by atoms with Crippen LogP contribution in [-0.2, 0) is 19.1 Å². The van der Waals surface area contributed by atoms with Gasteiger partial charge in [-0.2, -0.15) is 0 Å². The second kappa shape index (κ2) is 8.30. The number of unbranched alkanes of at least 4 members (excludes halogenated alkanes) is 1. The van der Waals surface area contributed by atoms with Gasteiger partial charge in [-0.1, -0.05) is 19.8 Å². The summed E-state index contributed by atoms with van der Waals surface area (Å²) < 4.78 is 10.9. The van der Waals surface area contributed by atoms with Crippen molar-refractivity contribution in [2.24, 2.45) is 11.8 Å². The maximum Gasteiger partial charge on any atom is 0.309 e. The van der Waals surface area contributed by atoms with Crippen molar-refractivity contribution in [1.82, 2.24) is 0 Å². The van der Waals surface area contributed by atoms with Crippen LogP contribution in [-0.4, -0.2) is 29.8 Å². The van der Waals surface area contributed by atoms with Gasteiger partial charge in [0.15, 0.2) is 11.9 Å². The number of halogens is 1. The quantitative estimate of drug-likeness (QED) is 0.505. The summed E-state index contributed by atoms with van der Waals surface area (Å²) in [6, 6.07) is 0. The monoisotopic (exact) mass is 328 g/mol. The molecule has 4 nitrogen and oxygen atoms in total. The molecule has 5 heteroatoms. The average molecular weight is 329 g/mol. The van der Waals surface area contributed by atoms with E-state index in [0.29, 0.717) is 19.1 Å². The zero-order valence-electron chi connectivity index (χ0n) is 13.2. The normalized spacial score (nSPS) is 29.3. The summed E-state index contributed by atoms with van der Waals surface area (Å²) >= 11 is 6.22.